The molecule has 3 heterocycles. The van der Waals surface area contributed by atoms with E-state index in [1.807, 2.05) is 4.40 Å². The molecule has 0 fully saturated rings. The van der Waals surface area contributed by atoms with E-state index >= 15 is 0 Å². The Balaban J connectivity index is 1.74. The average Bonchev–Trinajstić information content (AvgIpc) is 3.20. The molecule has 1 aromatic carbocycles. The number of rotatable bonds is 5. The third-order valence-electron chi connectivity index (χ3n) is 4.68. The van der Waals surface area contributed by atoms with Crippen molar-refractivity contribution in [2.45, 2.75) is 38.8 Å². The SMILES string of the molecule is Cc1sc2nc(C(C)C)n3c(SCC(=O)c4ccc(Cl)cc4)nnc3c2c1C. The second-order valence-corrected chi connectivity index (χ2v) is 9.53. The zero-order chi connectivity index (χ0) is 20.0. The number of fused-ring (bicyclic) bond motifs is 3. The first kappa shape index (κ1) is 19.4. The molecule has 0 N–H and O–H groups in total. The van der Waals surface area contributed by atoms with E-state index in [0.717, 1.165) is 21.7 Å². The molecule has 0 radical (unpaired) electrons. The first-order valence-corrected chi connectivity index (χ1v) is 11.1. The van der Waals surface area contributed by atoms with Gasteiger partial charge in [0.1, 0.15) is 10.7 Å². The Bertz CT molecular complexity index is 1190. The molecule has 0 saturated carbocycles. The van der Waals surface area contributed by atoms with E-state index in [-0.39, 0.29) is 17.5 Å². The highest BCUT2D eigenvalue weighted by Crippen LogP contribution is 2.34. The number of nitrogens with zero attached hydrogens (tertiary/aromatic N) is 4. The number of ketones is 1. The second kappa shape index (κ2) is 7.46. The predicted octanol–water partition coefficient (Wildman–Crippen LogP) is 5.71. The highest BCUT2D eigenvalue weighted by Gasteiger charge is 2.21. The van der Waals surface area contributed by atoms with Crippen molar-refractivity contribution < 1.29 is 4.79 Å². The van der Waals surface area contributed by atoms with Crippen molar-refractivity contribution in [1.29, 1.82) is 0 Å². The van der Waals surface area contributed by atoms with Crippen LogP contribution < -0.4 is 0 Å². The van der Waals surface area contributed by atoms with Crippen LogP contribution in [-0.4, -0.2) is 31.1 Å². The minimum absolute atomic E-state index is 0.0288. The van der Waals surface area contributed by atoms with Crippen LogP contribution in [0.1, 0.15) is 46.4 Å². The predicted molar refractivity (Wildman–Crippen MR) is 116 cm³/mol. The molecule has 144 valence electrons. The zero-order valence-corrected chi connectivity index (χ0v) is 18.4. The second-order valence-electron chi connectivity index (χ2n) is 6.95. The molecule has 4 rings (SSSR count). The molecule has 0 amide bonds. The topological polar surface area (TPSA) is 60.2 Å². The van der Waals surface area contributed by atoms with Gasteiger partial charge in [0.25, 0.3) is 0 Å². The van der Waals surface area contributed by atoms with E-state index in [1.165, 1.54) is 22.2 Å². The summed E-state index contributed by atoms with van der Waals surface area (Å²) in [5.41, 5.74) is 2.64. The summed E-state index contributed by atoms with van der Waals surface area (Å²) in [5.74, 6) is 1.42. The van der Waals surface area contributed by atoms with Crippen LogP contribution in [0.3, 0.4) is 0 Å². The first-order valence-electron chi connectivity index (χ1n) is 8.93. The Morgan fingerprint density at radius 1 is 1.21 bits per heavy atom. The van der Waals surface area contributed by atoms with E-state index in [0.29, 0.717) is 15.7 Å². The number of benzene rings is 1. The lowest BCUT2D eigenvalue weighted by Crippen LogP contribution is -2.06. The van der Waals surface area contributed by atoms with Gasteiger partial charge in [-0.15, -0.1) is 21.5 Å². The molecule has 0 bridgehead atoms. The van der Waals surface area contributed by atoms with Gasteiger partial charge in [-0.3, -0.25) is 9.20 Å². The van der Waals surface area contributed by atoms with Gasteiger partial charge in [0.05, 0.1) is 11.1 Å². The summed E-state index contributed by atoms with van der Waals surface area (Å²) in [6.07, 6.45) is 0. The number of aromatic nitrogens is 4. The molecule has 28 heavy (non-hydrogen) atoms. The fourth-order valence-corrected chi connectivity index (χ4v) is 5.06. The minimum atomic E-state index is 0.0288. The largest absolute Gasteiger partial charge is 0.293 e. The molecular weight excluding hydrogens is 412 g/mol. The average molecular weight is 431 g/mol. The molecule has 0 atom stereocenters. The number of halogens is 1. The number of Topliss-reactive ketones (excluding diaryl/α,β-unsaturated/α-hetero) is 1. The number of hydrogen-bond donors (Lipinski definition) is 0. The Kier molecular flexibility index (Phi) is 5.16. The van der Waals surface area contributed by atoms with Gasteiger partial charge in [0.15, 0.2) is 16.6 Å². The molecule has 4 aromatic rings. The summed E-state index contributed by atoms with van der Waals surface area (Å²) in [5, 5.41) is 11.2. The molecule has 0 aliphatic heterocycles. The molecule has 0 aliphatic carbocycles. The van der Waals surface area contributed by atoms with Gasteiger partial charge in [-0.1, -0.05) is 37.2 Å². The molecule has 0 aliphatic rings. The van der Waals surface area contributed by atoms with Crippen LogP contribution in [0, 0.1) is 13.8 Å². The van der Waals surface area contributed by atoms with E-state index < -0.39 is 0 Å². The lowest BCUT2D eigenvalue weighted by molar-refractivity contribution is 0.102. The fraction of sp³-hybridized carbons (Fsp3) is 0.300. The van der Waals surface area contributed by atoms with Crippen LogP contribution in [0.25, 0.3) is 15.9 Å². The summed E-state index contributed by atoms with van der Waals surface area (Å²) in [7, 11) is 0. The number of hydrogen-bond acceptors (Lipinski definition) is 6. The van der Waals surface area contributed by atoms with Gasteiger partial charge in [-0.25, -0.2) is 4.98 Å². The smallest absolute Gasteiger partial charge is 0.197 e. The lowest BCUT2D eigenvalue weighted by atomic mass is 10.1. The third kappa shape index (κ3) is 3.32. The minimum Gasteiger partial charge on any atom is -0.293 e. The summed E-state index contributed by atoms with van der Waals surface area (Å²) in [4.78, 5) is 19.7. The Hall–Kier alpha value is -1.96. The fourth-order valence-electron chi connectivity index (χ4n) is 3.07. The Morgan fingerprint density at radius 2 is 1.93 bits per heavy atom. The van der Waals surface area contributed by atoms with Crippen LogP contribution in [0.2, 0.25) is 5.02 Å². The quantitative estimate of drug-likeness (QED) is 0.300. The van der Waals surface area contributed by atoms with Crippen LogP contribution in [0.4, 0.5) is 0 Å². The summed E-state index contributed by atoms with van der Waals surface area (Å²) in [6.45, 7) is 8.41. The molecule has 0 unspecified atom stereocenters. The van der Waals surface area contributed by atoms with Crippen molar-refractivity contribution >= 4 is 56.3 Å². The summed E-state index contributed by atoms with van der Waals surface area (Å²) < 4.78 is 2.01. The Labute approximate surface area is 176 Å². The van der Waals surface area contributed by atoms with Gasteiger partial charge < -0.3 is 0 Å². The van der Waals surface area contributed by atoms with Crippen LogP contribution in [0.15, 0.2) is 29.4 Å². The van der Waals surface area contributed by atoms with Crippen molar-refractivity contribution in [3.63, 3.8) is 0 Å². The van der Waals surface area contributed by atoms with Crippen molar-refractivity contribution in [3.8, 4) is 0 Å². The molecular formula is C20H19ClN4OS2. The van der Waals surface area contributed by atoms with E-state index in [4.69, 9.17) is 16.6 Å². The monoisotopic (exact) mass is 430 g/mol. The third-order valence-corrected chi connectivity index (χ3v) is 6.97. The highest BCUT2D eigenvalue weighted by atomic mass is 35.5. The van der Waals surface area contributed by atoms with E-state index in [1.54, 1.807) is 35.6 Å². The lowest BCUT2D eigenvalue weighted by Gasteiger charge is -2.10. The first-order chi connectivity index (χ1) is 13.4. The van der Waals surface area contributed by atoms with Gasteiger partial charge in [-0.05, 0) is 43.7 Å². The number of carbonyl (C=O) groups is 1. The molecule has 3 aromatic heterocycles. The van der Waals surface area contributed by atoms with Crippen molar-refractivity contribution in [3.05, 3.63) is 51.1 Å². The van der Waals surface area contributed by atoms with Crippen LogP contribution in [0.5, 0.6) is 0 Å². The standard InChI is InChI=1S/C20H19ClN4OS2/c1-10(2)17-22-19-16(11(3)12(4)28-19)18-23-24-20(25(17)18)27-9-15(26)13-5-7-14(21)8-6-13/h5-8,10H,9H2,1-4H3. The Morgan fingerprint density at radius 3 is 2.61 bits per heavy atom. The van der Waals surface area contributed by atoms with Crippen molar-refractivity contribution in [1.82, 2.24) is 19.6 Å². The van der Waals surface area contributed by atoms with Crippen LogP contribution in [-0.2, 0) is 0 Å². The van der Waals surface area contributed by atoms with Crippen molar-refractivity contribution in [2.75, 3.05) is 5.75 Å². The highest BCUT2D eigenvalue weighted by molar-refractivity contribution is 7.99. The summed E-state index contributed by atoms with van der Waals surface area (Å²) >= 11 is 8.98. The number of thioether (sulfide) groups is 1. The summed E-state index contributed by atoms with van der Waals surface area (Å²) in [6, 6.07) is 6.95. The molecule has 8 heteroatoms. The normalized spacial score (nSPS) is 11.8. The van der Waals surface area contributed by atoms with Crippen LogP contribution >= 0.6 is 34.7 Å². The molecule has 0 saturated heterocycles. The van der Waals surface area contributed by atoms with Gasteiger partial charge in [-0.2, -0.15) is 0 Å². The maximum Gasteiger partial charge on any atom is 0.197 e. The van der Waals surface area contributed by atoms with Gasteiger partial charge in [0, 0.05) is 21.4 Å². The number of aryl methyl sites for hydroxylation is 2. The maximum atomic E-state index is 12.5. The van der Waals surface area contributed by atoms with Crippen molar-refractivity contribution in [2.24, 2.45) is 0 Å². The van der Waals surface area contributed by atoms with Gasteiger partial charge in [0.2, 0.25) is 0 Å². The maximum absolute atomic E-state index is 12.5. The zero-order valence-electron chi connectivity index (χ0n) is 16.0. The van der Waals surface area contributed by atoms with Gasteiger partial charge >= 0.3 is 0 Å². The van der Waals surface area contributed by atoms with E-state index in [2.05, 4.69) is 37.9 Å². The molecule has 0 spiro atoms. The molecule has 5 nitrogen and oxygen atoms in total. The van der Waals surface area contributed by atoms with E-state index in [9.17, 15) is 4.79 Å². The number of carbonyl (C=O) groups excluding carboxylic acids is 1. The number of thiophene rings is 1.